The number of Topliss-reactive ketones (excluding diaryl/α,β-unsaturated/α-hetero) is 1. The molecule has 4 heteroatoms. The maximum Gasteiger partial charge on any atom is 0.176 e. The van der Waals surface area contributed by atoms with Gasteiger partial charge in [-0.15, -0.1) is 0 Å². The minimum Gasteiger partial charge on any atom is -0.376 e. The van der Waals surface area contributed by atoms with Crippen LogP contribution in [0.25, 0.3) is 0 Å². The lowest BCUT2D eigenvalue weighted by atomic mass is 10.1. The predicted molar refractivity (Wildman–Crippen MR) is 76.8 cm³/mol. The molecule has 0 radical (unpaired) electrons. The van der Waals surface area contributed by atoms with Crippen molar-refractivity contribution >= 4 is 17.4 Å². The Kier molecular flexibility index (Phi) is 4.97. The number of ketones is 1. The van der Waals surface area contributed by atoms with E-state index in [2.05, 4.69) is 11.8 Å². The molecule has 1 aromatic carbocycles. The Balaban J connectivity index is 2.04. The van der Waals surface area contributed by atoms with Crippen molar-refractivity contribution in [2.24, 2.45) is 0 Å². The summed E-state index contributed by atoms with van der Waals surface area (Å²) in [5.41, 5.74) is 0.682. The first-order valence-electron chi connectivity index (χ1n) is 6.74. The summed E-state index contributed by atoms with van der Waals surface area (Å²) >= 11 is 5.92. The molecule has 19 heavy (non-hydrogen) atoms. The number of nitrogens with zero attached hydrogens (tertiary/aromatic N) is 1. The first-order valence-corrected chi connectivity index (χ1v) is 7.12. The molecule has 1 saturated heterocycles. The summed E-state index contributed by atoms with van der Waals surface area (Å²) < 4.78 is 5.64. The van der Waals surface area contributed by atoms with Gasteiger partial charge in [-0.05, 0) is 25.5 Å². The van der Waals surface area contributed by atoms with Crippen molar-refractivity contribution in [3.63, 3.8) is 0 Å². The molecule has 0 aliphatic carbocycles. The Morgan fingerprint density at radius 3 is 3.00 bits per heavy atom. The molecule has 0 spiro atoms. The third kappa shape index (κ3) is 3.78. The van der Waals surface area contributed by atoms with E-state index in [4.69, 9.17) is 16.3 Å². The van der Waals surface area contributed by atoms with Crippen LogP contribution in [0.5, 0.6) is 0 Å². The van der Waals surface area contributed by atoms with Crippen molar-refractivity contribution in [3.05, 3.63) is 34.9 Å². The molecule has 1 heterocycles. The van der Waals surface area contributed by atoms with Crippen molar-refractivity contribution in [1.82, 2.24) is 4.90 Å². The second kappa shape index (κ2) is 6.51. The lowest BCUT2D eigenvalue weighted by Crippen LogP contribution is -2.50. The highest BCUT2D eigenvalue weighted by Gasteiger charge is 2.27. The molecule has 1 fully saturated rings. The van der Waals surface area contributed by atoms with Gasteiger partial charge in [-0.3, -0.25) is 9.69 Å². The van der Waals surface area contributed by atoms with Crippen molar-refractivity contribution < 1.29 is 9.53 Å². The molecule has 1 aliphatic heterocycles. The normalized spacial score (nSPS) is 24.4. The molecule has 0 amide bonds. The van der Waals surface area contributed by atoms with Gasteiger partial charge in [0.25, 0.3) is 0 Å². The van der Waals surface area contributed by atoms with E-state index < -0.39 is 0 Å². The minimum absolute atomic E-state index is 0.120. The van der Waals surface area contributed by atoms with E-state index in [1.165, 1.54) is 0 Å². The van der Waals surface area contributed by atoms with Crippen LogP contribution in [-0.2, 0) is 4.74 Å². The highest BCUT2D eigenvalue weighted by atomic mass is 35.5. The Morgan fingerprint density at radius 1 is 1.53 bits per heavy atom. The van der Waals surface area contributed by atoms with Gasteiger partial charge in [0, 0.05) is 23.2 Å². The molecule has 2 rings (SSSR count). The number of carbonyl (C=O) groups excluding carboxylic acids is 1. The van der Waals surface area contributed by atoms with Crippen molar-refractivity contribution in [3.8, 4) is 0 Å². The zero-order valence-corrected chi connectivity index (χ0v) is 12.2. The third-order valence-electron chi connectivity index (χ3n) is 3.55. The van der Waals surface area contributed by atoms with Crippen LogP contribution < -0.4 is 0 Å². The topological polar surface area (TPSA) is 29.5 Å². The number of rotatable bonds is 4. The van der Waals surface area contributed by atoms with Crippen LogP contribution in [0.15, 0.2) is 24.3 Å². The van der Waals surface area contributed by atoms with E-state index >= 15 is 0 Å². The van der Waals surface area contributed by atoms with E-state index in [1.54, 1.807) is 12.1 Å². The summed E-state index contributed by atoms with van der Waals surface area (Å²) in [6.07, 6.45) is 1.19. The SMILES string of the molecule is CCC1COC(C)CN1CC(=O)c1cccc(Cl)c1. The molecular weight excluding hydrogens is 262 g/mol. The smallest absolute Gasteiger partial charge is 0.176 e. The number of benzene rings is 1. The molecule has 3 nitrogen and oxygen atoms in total. The van der Waals surface area contributed by atoms with Crippen LogP contribution in [0.3, 0.4) is 0 Å². The van der Waals surface area contributed by atoms with Gasteiger partial charge in [0.2, 0.25) is 0 Å². The number of hydrogen-bond acceptors (Lipinski definition) is 3. The molecule has 0 aromatic heterocycles. The summed E-state index contributed by atoms with van der Waals surface area (Å²) in [4.78, 5) is 14.5. The van der Waals surface area contributed by atoms with Crippen LogP contribution in [0.1, 0.15) is 30.6 Å². The molecule has 104 valence electrons. The minimum atomic E-state index is 0.120. The molecule has 1 aliphatic rings. The summed E-state index contributed by atoms with van der Waals surface area (Å²) in [5, 5.41) is 0.605. The summed E-state index contributed by atoms with van der Waals surface area (Å²) in [6, 6.07) is 7.48. The van der Waals surface area contributed by atoms with E-state index in [1.807, 2.05) is 19.1 Å². The van der Waals surface area contributed by atoms with E-state index in [0.717, 1.165) is 13.0 Å². The number of hydrogen-bond donors (Lipinski definition) is 0. The summed E-state index contributed by atoms with van der Waals surface area (Å²) in [7, 11) is 0. The number of morpholine rings is 1. The predicted octanol–water partition coefficient (Wildman–Crippen LogP) is 3.02. The molecule has 2 atom stereocenters. The number of halogens is 1. The average Bonchev–Trinajstić information content (AvgIpc) is 2.39. The largest absolute Gasteiger partial charge is 0.376 e. The quantitative estimate of drug-likeness (QED) is 0.795. The molecule has 0 N–H and O–H groups in total. The molecule has 0 saturated carbocycles. The van der Waals surface area contributed by atoms with Gasteiger partial charge in [0.15, 0.2) is 5.78 Å². The lowest BCUT2D eigenvalue weighted by Gasteiger charge is -2.37. The maximum absolute atomic E-state index is 12.3. The van der Waals surface area contributed by atoms with Crippen molar-refractivity contribution in [2.75, 3.05) is 19.7 Å². The van der Waals surface area contributed by atoms with Crippen LogP contribution >= 0.6 is 11.6 Å². The van der Waals surface area contributed by atoms with Gasteiger partial charge in [-0.2, -0.15) is 0 Å². The highest BCUT2D eigenvalue weighted by molar-refractivity contribution is 6.31. The van der Waals surface area contributed by atoms with Crippen LogP contribution in [-0.4, -0.2) is 42.5 Å². The Labute approximate surface area is 119 Å². The molecule has 0 bridgehead atoms. The number of carbonyl (C=O) groups is 1. The molecule has 1 aromatic rings. The first kappa shape index (κ1) is 14.5. The number of ether oxygens (including phenoxy) is 1. The second-order valence-corrected chi connectivity index (χ2v) is 5.51. The lowest BCUT2D eigenvalue weighted by molar-refractivity contribution is -0.0523. The van der Waals surface area contributed by atoms with E-state index in [-0.39, 0.29) is 11.9 Å². The second-order valence-electron chi connectivity index (χ2n) is 5.07. The molecular formula is C15H20ClNO2. The van der Waals surface area contributed by atoms with Crippen molar-refractivity contribution in [1.29, 1.82) is 0 Å². The fraction of sp³-hybridized carbons (Fsp3) is 0.533. The fourth-order valence-electron chi connectivity index (χ4n) is 2.42. The van der Waals surface area contributed by atoms with Gasteiger partial charge >= 0.3 is 0 Å². The standard InChI is InChI=1S/C15H20ClNO2/c1-3-14-10-19-11(2)8-17(14)9-15(18)12-5-4-6-13(16)7-12/h4-7,11,14H,3,8-10H2,1-2H3. The Morgan fingerprint density at radius 2 is 2.32 bits per heavy atom. The fourth-order valence-corrected chi connectivity index (χ4v) is 2.61. The van der Waals surface area contributed by atoms with Gasteiger partial charge in [0.1, 0.15) is 0 Å². The van der Waals surface area contributed by atoms with Gasteiger partial charge < -0.3 is 4.74 Å². The summed E-state index contributed by atoms with van der Waals surface area (Å²) in [5.74, 6) is 0.120. The Hall–Kier alpha value is -0.900. The van der Waals surface area contributed by atoms with Crippen LogP contribution in [0, 0.1) is 0 Å². The average molecular weight is 282 g/mol. The van der Waals surface area contributed by atoms with E-state index in [9.17, 15) is 4.79 Å². The van der Waals surface area contributed by atoms with E-state index in [0.29, 0.717) is 29.8 Å². The van der Waals surface area contributed by atoms with Gasteiger partial charge in [0.05, 0.1) is 19.3 Å². The van der Waals surface area contributed by atoms with Gasteiger partial charge in [-0.1, -0.05) is 30.7 Å². The monoisotopic (exact) mass is 281 g/mol. The van der Waals surface area contributed by atoms with Crippen LogP contribution in [0.2, 0.25) is 5.02 Å². The van der Waals surface area contributed by atoms with Crippen LogP contribution in [0.4, 0.5) is 0 Å². The first-order chi connectivity index (χ1) is 9.10. The third-order valence-corrected chi connectivity index (χ3v) is 3.78. The maximum atomic E-state index is 12.3. The van der Waals surface area contributed by atoms with Crippen molar-refractivity contribution in [2.45, 2.75) is 32.4 Å². The molecule has 2 unspecified atom stereocenters. The Bertz CT molecular complexity index is 450. The zero-order chi connectivity index (χ0) is 13.8. The highest BCUT2D eigenvalue weighted by Crippen LogP contribution is 2.16. The zero-order valence-electron chi connectivity index (χ0n) is 11.4. The summed E-state index contributed by atoms with van der Waals surface area (Å²) in [6.45, 7) is 6.13. The van der Waals surface area contributed by atoms with Gasteiger partial charge in [-0.25, -0.2) is 0 Å².